The molecule has 0 fully saturated rings. The Kier molecular flexibility index (Phi) is 6.85. The van der Waals surface area contributed by atoms with Crippen molar-refractivity contribution < 1.29 is 17.6 Å². The first-order valence-corrected chi connectivity index (χ1v) is 13.9. The highest BCUT2D eigenvalue weighted by Gasteiger charge is 2.24. The van der Waals surface area contributed by atoms with Crippen molar-refractivity contribution in [2.45, 2.75) is 19.3 Å². The van der Waals surface area contributed by atoms with Crippen LogP contribution in [0.3, 0.4) is 0 Å². The molecule has 0 spiro atoms. The Morgan fingerprint density at radius 2 is 1.66 bits per heavy atom. The smallest absolute Gasteiger partial charge is 0.265 e. The quantitative estimate of drug-likeness (QED) is 0.264. The Balaban J connectivity index is 1.62. The van der Waals surface area contributed by atoms with E-state index in [9.17, 15) is 17.6 Å². The van der Waals surface area contributed by atoms with Gasteiger partial charge in [0.05, 0.1) is 21.8 Å². The molecule has 4 rings (SSSR count). The standard InChI is InChI=1S/C25H21Cl2FN2O3S2/c1-25(2,15-4-6-18(28)7-5-15)16-10-17(26)12-19(11-16)29-24(31)23-9-14-8-21(30-35(3,32)33)20(27)13-22(14)34-23/h4-13,30H,1-3H3,(H,29,31). The number of thiophene rings is 1. The van der Waals surface area contributed by atoms with E-state index in [0.717, 1.165) is 22.1 Å². The van der Waals surface area contributed by atoms with Crippen LogP contribution in [0.15, 0.2) is 60.7 Å². The molecule has 0 saturated heterocycles. The molecule has 1 aromatic heterocycles. The van der Waals surface area contributed by atoms with E-state index in [1.54, 1.807) is 36.4 Å². The highest BCUT2D eigenvalue weighted by atomic mass is 35.5. The fraction of sp³-hybridized carbons (Fsp3) is 0.160. The zero-order valence-electron chi connectivity index (χ0n) is 18.9. The minimum atomic E-state index is -3.50. The number of hydrogen-bond donors (Lipinski definition) is 2. The molecular weight excluding hydrogens is 530 g/mol. The first kappa shape index (κ1) is 25.4. The minimum Gasteiger partial charge on any atom is -0.321 e. The summed E-state index contributed by atoms with van der Waals surface area (Å²) >= 11 is 13.8. The van der Waals surface area contributed by atoms with Crippen molar-refractivity contribution >= 4 is 71.9 Å². The molecule has 0 radical (unpaired) electrons. The van der Waals surface area contributed by atoms with Gasteiger partial charge in [-0.2, -0.15) is 0 Å². The van der Waals surface area contributed by atoms with Crippen LogP contribution in [0.2, 0.25) is 10.0 Å². The summed E-state index contributed by atoms with van der Waals surface area (Å²) in [6, 6.07) is 16.5. The van der Waals surface area contributed by atoms with E-state index >= 15 is 0 Å². The predicted octanol–water partition coefficient (Wildman–Crippen LogP) is 7.30. The van der Waals surface area contributed by atoms with E-state index in [2.05, 4.69) is 10.0 Å². The van der Waals surface area contributed by atoms with Crippen molar-refractivity contribution in [3.05, 3.63) is 92.5 Å². The zero-order valence-corrected chi connectivity index (χ0v) is 22.1. The van der Waals surface area contributed by atoms with Crippen LogP contribution in [0.1, 0.15) is 34.6 Å². The summed E-state index contributed by atoms with van der Waals surface area (Å²) in [5.41, 5.74) is 2.02. The van der Waals surface area contributed by atoms with E-state index in [4.69, 9.17) is 23.2 Å². The van der Waals surface area contributed by atoms with Gasteiger partial charge in [0.2, 0.25) is 10.0 Å². The molecule has 0 bridgehead atoms. The monoisotopic (exact) mass is 550 g/mol. The van der Waals surface area contributed by atoms with Crippen molar-refractivity contribution in [3.63, 3.8) is 0 Å². The van der Waals surface area contributed by atoms with E-state index < -0.39 is 15.4 Å². The van der Waals surface area contributed by atoms with Crippen molar-refractivity contribution in [1.29, 1.82) is 0 Å². The molecule has 4 aromatic rings. The fourth-order valence-electron chi connectivity index (χ4n) is 3.70. The number of nitrogens with one attached hydrogen (secondary N) is 2. The molecular formula is C25H21Cl2FN2O3S2. The van der Waals surface area contributed by atoms with Gasteiger partial charge in [0.25, 0.3) is 5.91 Å². The van der Waals surface area contributed by atoms with Gasteiger partial charge in [0.15, 0.2) is 0 Å². The predicted molar refractivity (Wildman–Crippen MR) is 143 cm³/mol. The number of fused-ring (bicyclic) bond motifs is 1. The Hall–Kier alpha value is -2.65. The number of hydrogen-bond acceptors (Lipinski definition) is 4. The lowest BCUT2D eigenvalue weighted by Gasteiger charge is -2.27. The van der Waals surface area contributed by atoms with Gasteiger partial charge in [-0.15, -0.1) is 11.3 Å². The van der Waals surface area contributed by atoms with Gasteiger partial charge in [-0.3, -0.25) is 9.52 Å². The lowest BCUT2D eigenvalue weighted by molar-refractivity contribution is 0.103. The first-order chi connectivity index (χ1) is 16.3. The van der Waals surface area contributed by atoms with Crippen molar-refractivity contribution in [2.75, 3.05) is 16.3 Å². The second-order valence-electron chi connectivity index (χ2n) is 8.67. The molecule has 10 heteroatoms. The second kappa shape index (κ2) is 9.43. The van der Waals surface area contributed by atoms with E-state index in [0.29, 0.717) is 21.0 Å². The SMILES string of the molecule is CC(C)(c1ccc(F)cc1)c1cc(Cl)cc(NC(=O)c2cc3cc(NS(C)(=O)=O)c(Cl)cc3s2)c1. The van der Waals surface area contributed by atoms with Crippen LogP contribution in [-0.4, -0.2) is 20.6 Å². The number of anilines is 2. The summed E-state index contributed by atoms with van der Waals surface area (Å²) in [5.74, 6) is -0.653. The lowest BCUT2D eigenvalue weighted by atomic mass is 9.78. The molecule has 0 unspecified atom stereocenters. The summed E-state index contributed by atoms with van der Waals surface area (Å²) in [7, 11) is -3.50. The average molecular weight is 551 g/mol. The van der Waals surface area contributed by atoms with Crippen LogP contribution in [0.5, 0.6) is 0 Å². The maximum atomic E-state index is 13.4. The van der Waals surface area contributed by atoms with Crippen LogP contribution in [0.4, 0.5) is 15.8 Å². The molecule has 0 aliphatic carbocycles. The van der Waals surface area contributed by atoms with E-state index in [1.807, 2.05) is 26.0 Å². The maximum absolute atomic E-state index is 13.4. The molecule has 0 atom stereocenters. The van der Waals surface area contributed by atoms with E-state index in [-0.39, 0.29) is 22.4 Å². The summed E-state index contributed by atoms with van der Waals surface area (Å²) in [4.78, 5) is 13.5. The second-order valence-corrected chi connectivity index (χ2v) is 12.3. The minimum absolute atomic E-state index is 0.235. The first-order valence-electron chi connectivity index (χ1n) is 10.4. The van der Waals surface area contributed by atoms with Crippen molar-refractivity contribution in [2.24, 2.45) is 0 Å². The van der Waals surface area contributed by atoms with Gasteiger partial charge in [-0.05, 0) is 65.0 Å². The largest absolute Gasteiger partial charge is 0.321 e. The van der Waals surface area contributed by atoms with Crippen molar-refractivity contribution in [3.8, 4) is 0 Å². The Labute approximate surface area is 216 Å². The fourth-order valence-corrected chi connectivity index (χ4v) is 5.81. The van der Waals surface area contributed by atoms with Gasteiger partial charge in [0, 0.05) is 20.8 Å². The molecule has 35 heavy (non-hydrogen) atoms. The molecule has 0 saturated carbocycles. The Morgan fingerprint density at radius 3 is 2.31 bits per heavy atom. The normalized spacial score (nSPS) is 12.1. The van der Waals surface area contributed by atoms with E-state index in [1.165, 1.54) is 23.5 Å². The molecule has 1 heterocycles. The van der Waals surface area contributed by atoms with Gasteiger partial charge in [0.1, 0.15) is 5.82 Å². The third-order valence-corrected chi connectivity index (χ3v) is 7.79. The number of benzene rings is 3. The summed E-state index contributed by atoms with van der Waals surface area (Å²) in [6.45, 7) is 3.99. The molecule has 182 valence electrons. The number of sulfonamides is 1. The molecule has 3 aromatic carbocycles. The van der Waals surface area contributed by atoms with Gasteiger partial charge < -0.3 is 5.32 Å². The van der Waals surface area contributed by atoms with Gasteiger partial charge in [-0.25, -0.2) is 12.8 Å². The van der Waals surface area contributed by atoms with Crippen molar-refractivity contribution in [1.82, 2.24) is 0 Å². The average Bonchev–Trinajstić information content (AvgIpc) is 3.15. The molecule has 5 nitrogen and oxygen atoms in total. The Morgan fingerprint density at radius 1 is 0.971 bits per heavy atom. The molecule has 1 amide bonds. The number of carbonyl (C=O) groups excluding carboxylic acids is 1. The third-order valence-electron chi connectivity index (χ3n) is 5.57. The number of amides is 1. The van der Waals surface area contributed by atoms with Crippen LogP contribution < -0.4 is 10.0 Å². The molecule has 0 aliphatic heterocycles. The Bertz CT molecular complexity index is 1550. The van der Waals surface area contributed by atoms with Crippen LogP contribution in [0, 0.1) is 5.82 Å². The van der Waals surface area contributed by atoms with Gasteiger partial charge in [-0.1, -0.05) is 49.2 Å². The third kappa shape index (κ3) is 5.78. The number of halogens is 3. The van der Waals surface area contributed by atoms with Gasteiger partial charge >= 0.3 is 0 Å². The summed E-state index contributed by atoms with van der Waals surface area (Å²) < 4.78 is 39.7. The topological polar surface area (TPSA) is 75.3 Å². The summed E-state index contributed by atoms with van der Waals surface area (Å²) in [5, 5.41) is 4.25. The van der Waals surface area contributed by atoms with Crippen LogP contribution >= 0.6 is 34.5 Å². The maximum Gasteiger partial charge on any atom is 0.265 e. The van der Waals surface area contributed by atoms with Crippen LogP contribution in [-0.2, 0) is 15.4 Å². The summed E-state index contributed by atoms with van der Waals surface area (Å²) in [6.07, 6.45) is 1.04. The highest BCUT2D eigenvalue weighted by Crippen LogP contribution is 2.36. The number of rotatable bonds is 6. The number of carbonyl (C=O) groups is 1. The highest BCUT2D eigenvalue weighted by molar-refractivity contribution is 7.92. The molecule has 0 aliphatic rings. The molecule has 2 N–H and O–H groups in total. The van der Waals surface area contributed by atoms with Crippen LogP contribution in [0.25, 0.3) is 10.1 Å². The lowest BCUT2D eigenvalue weighted by Crippen LogP contribution is -2.19. The zero-order chi connectivity index (χ0) is 25.5.